The van der Waals surface area contributed by atoms with Gasteiger partial charge in [-0.15, -0.1) is 0 Å². The average molecular weight is 427 g/mol. The lowest BCUT2D eigenvalue weighted by atomic mass is 10.1. The Hall–Kier alpha value is -4.06. The van der Waals surface area contributed by atoms with Crippen molar-refractivity contribution < 1.29 is 13.6 Å². The summed E-state index contributed by atoms with van der Waals surface area (Å²) < 4.78 is 26.8. The molecule has 0 aliphatic heterocycles. The van der Waals surface area contributed by atoms with Gasteiger partial charge in [0.2, 0.25) is 0 Å². The van der Waals surface area contributed by atoms with Crippen LogP contribution in [0.5, 0.6) is 0 Å². The van der Waals surface area contributed by atoms with Gasteiger partial charge in [-0.1, -0.05) is 30.3 Å². The van der Waals surface area contributed by atoms with Gasteiger partial charge in [-0.3, -0.25) is 4.79 Å². The van der Waals surface area contributed by atoms with Crippen LogP contribution in [0.1, 0.15) is 16.1 Å². The topological polar surface area (TPSA) is 57.8 Å². The van der Waals surface area contributed by atoms with E-state index >= 15 is 0 Å². The van der Waals surface area contributed by atoms with Crippen LogP contribution in [0.25, 0.3) is 33.1 Å². The maximum Gasteiger partial charge on any atom is 0.269 e. The number of hydrogen-bond donors (Lipinski definition) is 2. The van der Waals surface area contributed by atoms with Crippen molar-refractivity contribution in [2.45, 2.75) is 6.42 Å². The second kappa shape index (κ2) is 8.23. The maximum absolute atomic E-state index is 13.5. The molecule has 158 valence electrons. The molecule has 1 amide bonds. The molecule has 0 saturated carbocycles. The van der Waals surface area contributed by atoms with E-state index in [9.17, 15) is 13.6 Å². The lowest BCUT2D eigenvalue weighted by molar-refractivity contribution is 0.0949. The zero-order valence-corrected chi connectivity index (χ0v) is 17.0. The average Bonchev–Trinajstić information content (AvgIpc) is 3.18. The van der Waals surface area contributed by atoms with Crippen molar-refractivity contribution in [3.8, 4) is 11.3 Å². The van der Waals surface area contributed by atoms with Gasteiger partial charge in [0.25, 0.3) is 5.91 Å². The molecule has 2 aromatic heterocycles. The standard InChI is InChI=1S/C26H19F2N3O/c27-18-10-8-17(9-11-18)24-25-21(20-6-1-2-7-22(20)30-25)15-23(31-24)26(32)29-13-12-16-4-3-5-19(28)14-16/h1-11,14-15,30H,12-13H2,(H,29,32). The smallest absolute Gasteiger partial charge is 0.269 e. The fourth-order valence-electron chi connectivity index (χ4n) is 3.88. The Labute approximate surface area is 182 Å². The third-order valence-electron chi connectivity index (χ3n) is 5.43. The number of carbonyl (C=O) groups excluding carboxylic acids is 1. The first-order valence-corrected chi connectivity index (χ1v) is 10.3. The van der Waals surface area contributed by atoms with E-state index in [-0.39, 0.29) is 23.2 Å². The molecule has 5 rings (SSSR count). The Morgan fingerprint density at radius 3 is 2.50 bits per heavy atom. The Balaban J connectivity index is 1.51. The summed E-state index contributed by atoms with van der Waals surface area (Å²) in [4.78, 5) is 20.9. The minimum Gasteiger partial charge on any atom is -0.353 e. The second-order valence-electron chi connectivity index (χ2n) is 7.59. The molecular formula is C26H19F2N3O. The molecule has 32 heavy (non-hydrogen) atoms. The van der Waals surface area contributed by atoms with E-state index < -0.39 is 0 Å². The molecule has 0 atom stereocenters. The Morgan fingerprint density at radius 1 is 0.875 bits per heavy atom. The van der Waals surface area contributed by atoms with E-state index in [1.807, 2.05) is 30.3 Å². The lowest BCUT2D eigenvalue weighted by Gasteiger charge is -2.09. The van der Waals surface area contributed by atoms with Crippen LogP contribution in [-0.2, 0) is 6.42 Å². The number of benzene rings is 3. The quantitative estimate of drug-likeness (QED) is 0.382. The highest BCUT2D eigenvalue weighted by molar-refractivity contribution is 6.13. The first-order valence-electron chi connectivity index (χ1n) is 10.3. The minimum atomic E-state index is -0.340. The van der Waals surface area contributed by atoms with Crippen LogP contribution in [0.3, 0.4) is 0 Å². The van der Waals surface area contributed by atoms with Crippen LogP contribution in [0.2, 0.25) is 0 Å². The van der Waals surface area contributed by atoms with Gasteiger partial charge in [0, 0.05) is 28.4 Å². The van der Waals surface area contributed by atoms with Gasteiger partial charge in [-0.2, -0.15) is 0 Å². The predicted octanol–water partition coefficient (Wildman–Crippen LogP) is 5.63. The largest absolute Gasteiger partial charge is 0.353 e. The third-order valence-corrected chi connectivity index (χ3v) is 5.43. The van der Waals surface area contributed by atoms with Crippen LogP contribution in [-0.4, -0.2) is 22.4 Å². The molecule has 0 spiro atoms. The van der Waals surface area contributed by atoms with E-state index in [4.69, 9.17) is 0 Å². The molecule has 5 aromatic rings. The van der Waals surface area contributed by atoms with Crippen molar-refractivity contribution in [1.29, 1.82) is 0 Å². The number of aromatic amines is 1. The molecular weight excluding hydrogens is 408 g/mol. The molecule has 2 N–H and O–H groups in total. The first kappa shape index (κ1) is 19.9. The molecule has 4 nitrogen and oxygen atoms in total. The van der Waals surface area contributed by atoms with Gasteiger partial charge in [0.05, 0.1) is 11.2 Å². The van der Waals surface area contributed by atoms with Crippen molar-refractivity contribution in [2.75, 3.05) is 6.54 Å². The molecule has 3 aromatic carbocycles. The molecule has 6 heteroatoms. The number of para-hydroxylation sites is 1. The third kappa shape index (κ3) is 3.83. The van der Waals surface area contributed by atoms with Crippen molar-refractivity contribution in [1.82, 2.24) is 15.3 Å². The molecule has 0 radical (unpaired) electrons. The summed E-state index contributed by atoms with van der Waals surface area (Å²) in [7, 11) is 0. The number of nitrogens with one attached hydrogen (secondary N) is 2. The zero-order chi connectivity index (χ0) is 22.1. The number of H-pyrrole nitrogens is 1. The number of fused-ring (bicyclic) bond motifs is 3. The van der Waals surface area contributed by atoms with Crippen LogP contribution in [0.15, 0.2) is 78.9 Å². The molecule has 0 bridgehead atoms. The van der Waals surface area contributed by atoms with Gasteiger partial charge in [-0.05, 0) is 60.5 Å². The van der Waals surface area contributed by atoms with Crippen LogP contribution in [0, 0.1) is 11.6 Å². The lowest BCUT2D eigenvalue weighted by Crippen LogP contribution is -2.26. The Morgan fingerprint density at radius 2 is 1.69 bits per heavy atom. The summed E-state index contributed by atoms with van der Waals surface area (Å²) in [5, 5.41) is 4.71. The number of halogens is 2. The number of amides is 1. The number of carbonyl (C=O) groups is 1. The van der Waals surface area contributed by atoms with Gasteiger partial charge in [0.15, 0.2) is 0 Å². The fourth-order valence-corrected chi connectivity index (χ4v) is 3.88. The van der Waals surface area contributed by atoms with Crippen molar-refractivity contribution in [3.05, 3.63) is 102 Å². The number of rotatable bonds is 5. The van der Waals surface area contributed by atoms with E-state index in [0.717, 1.165) is 27.4 Å². The van der Waals surface area contributed by atoms with E-state index in [1.54, 1.807) is 24.3 Å². The fraction of sp³-hybridized carbons (Fsp3) is 0.0769. The molecule has 2 heterocycles. The highest BCUT2D eigenvalue weighted by atomic mass is 19.1. The van der Waals surface area contributed by atoms with Crippen LogP contribution < -0.4 is 5.32 Å². The molecule has 0 aliphatic rings. The summed E-state index contributed by atoms with van der Waals surface area (Å²) in [5.74, 6) is -0.964. The Bertz CT molecular complexity index is 1440. The molecule has 0 aliphatic carbocycles. The van der Waals surface area contributed by atoms with Crippen LogP contribution in [0.4, 0.5) is 8.78 Å². The zero-order valence-electron chi connectivity index (χ0n) is 17.0. The summed E-state index contributed by atoms with van der Waals surface area (Å²) in [6, 6.07) is 21.9. The van der Waals surface area contributed by atoms with Gasteiger partial charge in [-0.25, -0.2) is 13.8 Å². The minimum absolute atomic E-state index is 0.265. The number of nitrogens with zero attached hydrogens (tertiary/aromatic N) is 1. The number of hydrogen-bond acceptors (Lipinski definition) is 2. The second-order valence-corrected chi connectivity index (χ2v) is 7.59. The van der Waals surface area contributed by atoms with Crippen molar-refractivity contribution >= 4 is 27.7 Å². The summed E-state index contributed by atoms with van der Waals surface area (Å²) in [6.45, 7) is 0.349. The number of aromatic nitrogens is 2. The predicted molar refractivity (Wildman–Crippen MR) is 121 cm³/mol. The van der Waals surface area contributed by atoms with Crippen LogP contribution >= 0.6 is 0 Å². The molecule has 0 saturated heterocycles. The maximum atomic E-state index is 13.5. The normalized spacial score (nSPS) is 11.2. The number of pyridine rings is 1. The molecule has 0 fully saturated rings. The van der Waals surface area contributed by atoms with Gasteiger partial charge < -0.3 is 10.3 Å². The van der Waals surface area contributed by atoms with Gasteiger partial charge in [0.1, 0.15) is 17.3 Å². The highest BCUT2D eigenvalue weighted by Gasteiger charge is 2.17. The SMILES string of the molecule is O=C(NCCc1cccc(F)c1)c1cc2c([nH]c3ccccc32)c(-c2ccc(F)cc2)n1. The van der Waals surface area contributed by atoms with Crippen molar-refractivity contribution in [2.24, 2.45) is 0 Å². The molecule has 0 unspecified atom stereocenters. The monoisotopic (exact) mass is 427 g/mol. The van der Waals surface area contributed by atoms with Crippen molar-refractivity contribution in [3.63, 3.8) is 0 Å². The summed E-state index contributed by atoms with van der Waals surface area (Å²) >= 11 is 0. The van der Waals surface area contributed by atoms with E-state index in [1.165, 1.54) is 24.3 Å². The summed E-state index contributed by atoms with van der Waals surface area (Å²) in [5.41, 5.74) is 4.06. The van der Waals surface area contributed by atoms with E-state index in [0.29, 0.717) is 24.2 Å². The Kier molecular flexibility index (Phi) is 5.11. The van der Waals surface area contributed by atoms with E-state index in [2.05, 4.69) is 15.3 Å². The highest BCUT2D eigenvalue weighted by Crippen LogP contribution is 2.32. The first-order chi connectivity index (χ1) is 15.6. The summed E-state index contributed by atoms with van der Waals surface area (Å²) in [6.07, 6.45) is 0.504. The van der Waals surface area contributed by atoms with Gasteiger partial charge >= 0.3 is 0 Å².